The molecule has 0 bridgehead atoms. The first-order valence-corrected chi connectivity index (χ1v) is 7.01. The molecular weight excluding hydrogens is 260 g/mol. The Morgan fingerprint density at radius 3 is 2.90 bits per heavy atom. The third-order valence-electron chi connectivity index (χ3n) is 4.64. The minimum Gasteiger partial charge on any atom is -0.379 e. The minimum atomic E-state index is -1.17. The van der Waals surface area contributed by atoms with Crippen molar-refractivity contribution >= 4 is 0 Å². The van der Waals surface area contributed by atoms with E-state index in [0.717, 1.165) is 50.4 Å². The van der Waals surface area contributed by atoms with E-state index in [2.05, 4.69) is 21.3 Å². The number of hydrogen-bond acceptors (Lipinski definition) is 7. The molecule has 0 spiro atoms. The standard InChI is InChI=1S/C13H18N4O3/c1-16-11(17-4-6-19-7-5-17)8-9-2-3-10-12(13(9,16)18)15-20-14-10/h8,11,18H,2-7H2,1H3. The molecule has 0 radical (unpaired) electrons. The topological polar surface area (TPSA) is 74.9 Å². The number of ether oxygens (including phenoxy) is 1. The first kappa shape index (κ1) is 12.5. The number of hydrogen-bond donors (Lipinski definition) is 1. The van der Waals surface area contributed by atoms with Gasteiger partial charge in [-0.2, -0.15) is 0 Å². The number of aromatic nitrogens is 2. The Balaban J connectivity index is 1.71. The van der Waals surface area contributed by atoms with Gasteiger partial charge in [-0.3, -0.25) is 9.80 Å². The summed E-state index contributed by atoms with van der Waals surface area (Å²) < 4.78 is 10.2. The molecule has 2 atom stereocenters. The number of likely N-dealkylation sites (N-methyl/N-ethyl adjacent to an activating group) is 1. The number of morpholine rings is 1. The molecule has 20 heavy (non-hydrogen) atoms. The highest BCUT2D eigenvalue weighted by atomic mass is 16.6. The second-order valence-corrected chi connectivity index (χ2v) is 5.60. The monoisotopic (exact) mass is 278 g/mol. The summed E-state index contributed by atoms with van der Waals surface area (Å²) in [6.07, 6.45) is 3.80. The van der Waals surface area contributed by atoms with E-state index in [9.17, 15) is 5.11 Å². The first-order chi connectivity index (χ1) is 9.71. The summed E-state index contributed by atoms with van der Waals surface area (Å²) in [6.45, 7) is 3.23. The van der Waals surface area contributed by atoms with Gasteiger partial charge in [-0.15, -0.1) is 0 Å². The summed E-state index contributed by atoms with van der Waals surface area (Å²) in [5.41, 5.74) is 1.14. The lowest BCUT2D eigenvalue weighted by Crippen LogP contribution is -2.54. The molecule has 4 rings (SSSR count). The lowest BCUT2D eigenvalue weighted by atomic mass is 9.88. The zero-order valence-corrected chi connectivity index (χ0v) is 11.4. The Bertz CT molecular complexity index is 552. The average molecular weight is 278 g/mol. The van der Waals surface area contributed by atoms with Crippen LogP contribution in [-0.4, -0.2) is 64.7 Å². The number of rotatable bonds is 1. The SMILES string of the molecule is CN1C(N2CCOCC2)C=C2CCc3nonc3C21O. The van der Waals surface area contributed by atoms with Crippen LogP contribution in [0.25, 0.3) is 0 Å². The second kappa shape index (κ2) is 4.36. The Kier molecular flexibility index (Phi) is 2.71. The van der Waals surface area contributed by atoms with Gasteiger partial charge < -0.3 is 9.84 Å². The molecule has 0 saturated carbocycles. The number of fused-ring (bicyclic) bond motifs is 3. The molecule has 1 N–H and O–H groups in total. The molecule has 108 valence electrons. The highest BCUT2D eigenvalue weighted by Gasteiger charge is 2.53. The molecule has 3 heterocycles. The minimum absolute atomic E-state index is 0.0709. The van der Waals surface area contributed by atoms with Crippen molar-refractivity contribution in [3.8, 4) is 0 Å². The van der Waals surface area contributed by atoms with Gasteiger partial charge in [-0.1, -0.05) is 5.16 Å². The van der Waals surface area contributed by atoms with Crippen LogP contribution in [0.4, 0.5) is 0 Å². The molecule has 0 amide bonds. The normalized spacial score (nSPS) is 34.7. The summed E-state index contributed by atoms with van der Waals surface area (Å²) in [4.78, 5) is 4.27. The molecular formula is C13H18N4O3. The second-order valence-electron chi connectivity index (χ2n) is 5.60. The molecule has 1 saturated heterocycles. The Hall–Kier alpha value is -1.28. The summed E-state index contributed by atoms with van der Waals surface area (Å²) >= 11 is 0. The van der Waals surface area contributed by atoms with E-state index in [1.807, 2.05) is 11.9 Å². The van der Waals surface area contributed by atoms with Crippen LogP contribution in [0.3, 0.4) is 0 Å². The van der Waals surface area contributed by atoms with Gasteiger partial charge in [0.25, 0.3) is 0 Å². The third-order valence-corrected chi connectivity index (χ3v) is 4.64. The fourth-order valence-corrected chi connectivity index (χ4v) is 3.48. The van der Waals surface area contributed by atoms with Crippen molar-refractivity contribution in [2.75, 3.05) is 33.4 Å². The number of nitrogens with zero attached hydrogens (tertiary/aromatic N) is 4. The van der Waals surface area contributed by atoms with Gasteiger partial charge in [-0.25, -0.2) is 4.63 Å². The number of aryl methyl sites for hydroxylation is 1. The molecule has 1 aromatic rings. The third kappa shape index (κ3) is 1.54. The van der Waals surface area contributed by atoms with Crippen molar-refractivity contribution in [3.63, 3.8) is 0 Å². The Labute approximate surface area is 116 Å². The molecule has 3 aliphatic rings. The largest absolute Gasteiger partial charge is 0.379 e. The molecule has 7 nitrogen and oxygen atoms in total. The molecule has 1 aromatic heterocycles. The average Bonchev–Trinajstić information content (AvgIpc) is 3.05. The van der Waals surface area contributed by atoms with Crippen LogP contribution in [0.15, 0.2) is 16.3 Å². The van der Waals surface area contributed by atoms with E-state index in [4.69, 9.17) is 9.37 Å². The van der Waals surface area contributed by atoms with Gasteiger partial charge in [0.05, 0.1) is 19.4 Å². The van der Waals surface area contributed by atoms with Crippen LogP contribution in [-0.2, 0) is 16.9 Å². The molecule has 2 aliphatic heterocycles. The lowest BCUT2D eigenvalue weighted by Gasteiger charge is -2.41. The maximum absolute atomic E-state index is 11.2. The van der Waals surface area contributed by atoms with E-state index in [0.29, 0.717) is 5.69 Å². The Morgan fingerprint density at radius 1 is 1.30 bits per heavy atom. The predicted molar refractivity (Wildman–Crippen MR) is 68.5 cm³/mol. The van der Waals surface area contributed by atoms with Crippen LogP contribution < -0.4 is 0 Å². The van der Waals surface area contributed by atoms with Crippen molar-refractivity contribution in [2.45, 2.75) is 24.7 Å². The van der Waals surface area contributed by atoms with E-state index in [1.54, 1.807) is 0 Å². The van der Waals surface area contributed by atoms with Crippen molar-refractivity contribution in [3.05, 3.63) is 23.0 Å². The van der Waals surface area contributed by atoms with E-state index >= 15 is 0 Å². The maximum Gasteiger partial charge on any atom is 0.191 e. The van der Waals surface area contributed by atoms with E-state index in [-0.39, 0.29) is 6.17 Å². The first-order valence-electron chi connectivity index (χ1n) is 7.01. The van der Waals surface area contributed by atoms with Gasteiger partial charge in [0.1, 0.15) is 5.69 Å². The van der Waals surface area contributed by atoms with Crippen LogP contribution in [0.1, 0.15) is 17.8 Å². The summed E-state index contributed by atoms with van der Waals surface area (Å²) in [5.74, 6) is 0. The van der Waals surface area contributed by atoms with Gasteiger partial charge in [0, 0.05) is 13.1 Å². The highest BCUT2D eigenvalue weighted by molar-refractivity contribution is 5.38. The zero-order valence-electron chi connectivity index (χ0n) is 11.4. The fourth-order valence-electron chi connectivity index (χ4n) is 3.48. The van der Waals surface area contributed by atoms with Crippen LogP contribution in [0.5, 0.6) is 0 Å². The Morgan fingerprint density at radius 2 is 2.10 bits per heavy atom. The van der Waals surface area contributed by atoms with Crippen molar-refractivity contribution in [1.82, 2.24) is 20.1 Å². The summed E-state index contributed by atoms with van der Waals surface area (Å²) in [7, 11) is 1.92. The predicted octanol–water partition coefficient (Wildman–Crippen LogP) is -0.309. The fraction of sp³-hybridized carbons (Fsp3) is 0.692. The van der Waals surface area contributed by atoms with Gasteiger partial charge in [0.2, 0.25) is 0 Å². The molecule has 7 heteroatoms. The van der Waals surface area contributed by atoms with Crippen LogP contribution >= 0.6 is 0 Å². The molecule has 0 aromatic carbocycles. The smallest absolute Gasteiger partial charge is 0.191 e. The van der Waals surface area contributed by atoms with E-state index in [1.165, 1.54) is 0 Å². The van der Waals surface area contributed by atoms with Crippen LogP contribution in [0.2, 0.25) is 0 Å². The molecule has 2 unspecified atom stereocenters. The summed E-state index contributed by atoms with van der Waals surface area (Å²) in [6, 6.07) is 0. The van der Waals surface area contributed by atoms with Crippen molar-refractivity contribution in [2.24, 2.45) is 0 Å². The van der Waals surface area contributed by atoms with Gasteiger partial charge >= 0.3 is 0 Å². The molecule has 1 fully saturated rings. The van der Waals surface area contributed by atoms with Crippen molar-refractivity contribution < 1.29 is 14.5 Å². The van der Waals surface area contributed by atoms with Crippen LogP contribution in [0, 0.1) is 0 Å². The zero-order chi connectivity index (χ0) is 13.7. The van der Waals surface area contributed by atoms with Gasteiger partial charge in [-0.05, 0) is 36.7 Å². The quantitative estimate of drug-likeness (QED) is 0.706. The highest BCUT2D eigenvalue weighted by Crippen LogP contribution is 2.45. The number of aliphatic hydroxyl groups is 1. The van der Waals surface area contributed by atoms with E-state index < -0.39 is 5.72 Å². The van der Waals surface area contributed by atoms with Gasteiger partial charge in [0.15, 0.2) is 11.4 Å². The lowest BCUT2D eigenvalue weighted by molar-refractivity contribution is -0.116. The summed E-state index contributed by atoms with van der Waals surface area (Å²) in [5, 5.41) is 19.0. The van der Waals surface area contributed by atoms with Crippen molar-refractivity contribution in [1.29, 1.82) is 0 Å². The maximum atomic E-state index is 11.2. The molecule has 1 aliphatic carbocycles.